The Morgan fingerprint density at radius 3 is 2.53 bits per heavy atom. The summed E-state index contributed by atoms with van der Waals surface area (Å²) in [6.45, 7) is 4.00. The maximum absolute atomic E-state index is 4.39. The minimum Gasteiger partial charge on any atom is -0.314 e. The topological polar surface area (TPSA) is 58.9 Å². The van der Waals surface area contributed by atoms with Crippen LogP contribution in [0.5, 0.6) is 0 Å². The summed E-state index contributed by atoms with van der Waals surface area (Å²) in [6.07, 6.45) is 0. The fraction of sp³-hybridized carbons (Fsp3) is 0.462. The van der Waals surface area contributed by atoms with Crippen LogP contribution in [0.1, 0.15) is 17.4 Å². The van der Waals surface area contributed by atoms with Crippen molar-refractivity contribution >= 4 is 0 Å². The highest BCUT2D eigenvalue weighted by molar-refractivity contribution is 5.24. The summed E-state index contributed by atoms with van der Waals surface area (Å²) in [5.41, 5.74) is 1.22. The number of rotatable bonds is 3. The highest BCUT2D eigenvalue weighted by Crippen LogP contribution is 2.25. The van der Waals surface area contributed by atoms with E-state index in [1.807, 2.05) is 6.07 Å². The van der Waals surface area contributed by atoms with Gasteiger partial charge in [0.15, 0.2) is 5.82 Å². The second-order valence-electron chi connectivity index (χ2n) is 4.74. The zero-order valence-corrected chi connectivity index (χ0v) is 11.0. The fourth-order valence-corrected chi connectivity index (χ4v) is 2.51. The fourth-order valence-electron chi connectivity index (χ4n) is 2.51. The van der Waals surface area contributed by atoms with Crippen molar-refractivity contribution < 1.29 is 0 Å². The van der Waals surface area contributed by atoms with Crippen LogP contribution in [0.3, 0.4) is 0 Å². The van der Waals surface area contributed by atoms with Gasteiger partial charge in [0.1, 0.15) is 0 Å². The van der Waals surface area contributed by atoms with Gasteiger partial charge in [-0.3, -0.25) is 4.90 Å². The van der Waals surface area contributed by atoms with E-state index in [2.05, 4.69) is 49.9 Å². The number of piperazine rings is 1. The van der Waals surface area contributed by atoms with Gasteiger partial charge in [-0.25, -0.2) is 0 Å². The van der Waals surface area contributed by atoms with E-state index < -0.39 is 0 Å². The van der Waals surface area contributed by atoms with Gasteiger partial charge in [0, 0.05) is 26.2 Å². The summed E-state index contributed by atoms with van der Waals surface area (Å²) in [6, 6.07) is 10.5. The van der Waals surface area contributed by atoms with Gasteiger partial charge in [-0.2, -0.15) is 4.80 Å². The van der Waals surface area contributed by atoms with Crippen LogP contribution >= 0.6 is 0 Å². The van der Waals surface area contributed by atoms with Gasteiger partial charge >= 0.3 is 0 Å². The number of tetrazole rings is 1. The summed E-state index contributed by atoms with van der Waals surface area (Å²) < 4.78 is 0. The van der Waals surface area contributed by atoms with Crippen molar-refractivity contribution in [3.63, 3.8) is 0 Å². The molecule has 1 aliphatic rings. The molecular formula is C13H18N6. The average molecular weight is 258 g/mol. The quantitative estimate of drug-likeness (QED) is 0.852. The van der Waals surface area contributed by atoms with Crippen LogP contribution in [-0.4, -0.2) is 51.3 Å². The zero-order chi connectivity index (χ0) is 13.1. The van der Waals surface area contributed by atoms with Crippen LogP contribution in [0.4, 0.5) is 0 Å². The average Bonchev–Trinajstić information content (AvgIpc) is 2.88. The Kier molecular flexibility index (Phi) is 3.52. The van der Waals surface area contributed by atoms with Gasteiger partial charge in [-0.1, -0.05) is 30.3 Å². The van der Waals surface area contributed by atoms with E-state index in [0.717, 1.165) is 32.0 Å². The molecule has 1 aliphatic heterocycles. The van der Waals surface area contributed by atoms with E-state index in [1.165, 1.54) is 10.4 Å². The number of aryl methyl sites for hydroxylation is 1. The molecule has 1 N–H and O–H groups in total. The van der Waals surface area contributed by atoms with Gasteiger partial charge in [0.25, 0.3) is 0 Å². The Labute approximate surface area is 112 Å². The van der Waals surface area contributed by atoms with Gasteiger partial charge < -0.3 is 5.32 Å². The Morgan fingerprint density at radius 1 is 1.16 bits per heavy atom. The minimum absolute atomic E-state index is 0.0944. The molecule has 0 radical (unpaired) electrons. The van der Waals surface area contributed by atoms with E-state index in [1.54, 1.807) is 7.05 Å². The molecule has 1 unspecified atom stereocenters. The van der Waals surface area contributed by atoms with E-state index in [4.69, 9.17) is 0 Å². The van der Waals surface area contributed by atoms with Crippen LogP contribution in [0.25, 0.3) is 0 Å². The van der Waals surface area contributed by atoms with Gasteiger partial charge in [-0.15, -0.1) is 10.2 Å². The highest BCUT2D eigenvalue weighted by Gasteiger charge is 2.27. The molecule has 2 aromatic rings. The molecule has 0 aliphatic carbocycles. The minimum atomic E-state index is 0.0944. The molecule has 1 fully saturated rings. The van der Waals surface area contributed by atoms with Crippen LogP contribution < -0.4 is 5.32 Å². The Balaban J connectivity index is 1.95. The van der Waals surface area contributed by atoms with Crippen LogP contribution in [0.2, 0.25) is 0 Å². The molecule has 2 heterocycles. The third-order valence-corrected chi connectivity index (χ3v) is 3.40. The molecule has 1 aromatic carbocycles. The smallest absolute Gasteiger partial charge is 0.196 e. The molecule has 0 spiro atoms. The summed E-state index contributed by atoms with van der Waals surface area (Å²) in [4.78, 5) is 3.93. The van der Waals surface area contributed by atoms with Crippen LogP contribution in [0, 0.1) is 0 Å². The van der Waals surface area contributed by atoms with E-state index in [9.17, 15) is 0 Å². The van der Waals surface area contributed by atoms with Crippen molar-refractivity contribution in [1.29, 1.82) is 0 Å². The largest absolute Gasteiger partial charge is 0.314 e. The maximum Gasteiger partial charge on any atom is 0.196 e. The SMILES string of the molecule is Cn1nnc(C(c2ccccc2)N2CCNCC2)n1. The summed E-state index contributed by atoms with van der Waals surface area (Å²) in [7, 11) is 1.80. The molecule has 100 valence electrons. The van der Waals surface area contributed by atoms with Crippen LogP contribution in [-0.2, 0) is 7.05 Å². The molecule has 1 aromatic heterocycles. The number of hydrogen-bond donors (Lipinski definition) is 1. The second-order valence-corrected chi connectivity index (χ2v) is 4.74. The van der Waals surface area contributed by atoms with Gasteiger partial charge in [0.05, 0.1) is 13.1 Å². The second kappa shape index (κ2) is 5.46. The Morgan fingerprint density at radius 2 is 1.89 bits per heavy atom. The first kappa shape index (κ1) is 12.3. The summed E-state index contributed by atoms with van der Waals surface area (Å²) >= 11 is 0. The van der Waals surface area contributed by atoms with Crippen molar-refractivity contribution in [3.05, 3.63) is 41.7 Å². The highest BCUT2D eigenvalue weighted by atomic mass is 15.6. The standard InChI is InChI=1S/C13H18N6/c1-18-16-13(15-17-18)12(11-5-3-2-4-6-11)19-9-7-14-8-10-19/h2-6,12,14H,7-10H2,1H3. The first-order valence-corrected chi connectivity index (χ1v) is 6.58. The molecule has 3 rings (SSSR count). The molecule has 19 heavy (non-hydrogen) atoms. The number of hydrogen-bond acceptors (Lipinski definition) is 5. The predicted octanol–water partition coefficient (Wildman–Crippen LogP) is 0.205. The normalized spacial score (nSPS) is 18.4. The van der Waals surface area contributed by atoms with Crippen molar-refractivity contribution in [2.24, 2.45) is 7.05 Å². The van der Waals surface area contributed by atoms with Crippen molar-refractivity contribution in [2.75, 3.05) is 26.2 Å². The monoisotopic (exact) mass is 258 g/mol. The molecule has 1 saturated heterocycles. The lowest BCUT2D eigenvalue weighted by atomic mass is 10.0. The third-order valence-electron chi connectivity index (χ3n) is 3.40. The number of nitrogens with zero attached hydrogens (tertiary/aromatic N) is 5. The predicted molar refractivity (Wildman–Crippen MR) is 71.5 cm³/mol. The lowest BCUT2D eigenvalue weighted by molar-refractivity contribution is 0.192. The molecule has 6 heteroatoms. The van der Waals surface area contributed by atoms with Gasteiger partial charge in [-0.05, 0) is 10.8 Å². The zero-order valence-electron chi connectivity index (χ0n) is 11.0. The first-order valence-electron chi connectivity index (χ1n) is 6.58. The van der Waals surface area contributed by atoms with Crippen molar-refractivity contribution in [2.45, 2.75) is 6.04 Å². The Bertz CT molecular complexity index is 517. The van der Waals surface area contributed by atoms with Gasteiger partial charge in [0.2, 0.25) is 0 Å². The molecular weight excluding hydrogens is 240 g/mol. The van der Waals surface area contributed by atoms with E-state index >= 15 is 0 Å². The maximum atomic E-state index is 4.39. The first-order chi connectivity index (χ1) is 9.34. The molecule has 0 saturated carbocycles. The summed E-state index contributed by atoms with van der Waals surface area (Å²) in [5.74, 6) is 0.774. The summed E-state index contributed by atoms with van der Waals surface area (Å²) in [5, 5.41) is 15.9. The number of aromatic nitrogens is 4. The lowest BCUT2D eigenvalue weighted by Crippen LogP contribution is -2.45. The molecule has 6 nitrogen and oxygen atoms in total. The number of benzene rings is 1. The van der Waals surface area contributed by atoms with E-state index in [-0.39, 0.29) is 6.04 Å². The molecule has 0 amide bonds. The van der Waals surface area contributed by atoms with Crippen molar-refractivity contribution in [1.82, 2.24) is 30.4 Å². The van der Waals surface area contributed by atoms with Crippen LogP contribution in [0.15, 0.2) is 30.3 Å². The van der Waals surface area contributed by atoms with E-state index in [0.29, 0.717) is 0 Å². The molecule has 0 bridgehead atoms. The third kappa shape index (κ3) is 2.64. The lowest BCUT2D eigenvalue weighted by Gasteiger charge is -2.33. The van der Waals surface area contributed by atoms with Crippen molar-refractivity contribution in [3.8, 4) is 0 Å². The number of nitrogens with one attached hydrogen (secondary N) is 1. The Hall–Kier alpha value is -1.79. The molecule has 1 atom stereocenters.